The lowest BCUT2D eigenvalue weighted by atomic mass is 10.1. The van der Waals surface area contributed by atoms with Gasteiger partial charge in [-0.3, -0.25) is 4.79 Å². The van der Waals surface area contributed by atoms with Gasteiger partial charge in [-0.2, -0.15) is 0 Å². The van der Waals surface area contributed by atoms with Crippen LogP contribution in [0.2, 0.25) is 0 Å². The van der Waals surface area contributed by atoms with Crippen LogP contribution < -0.4 is 4.74 Å². The normalized spacial score (nSPS) is 15.2. The van der Waals surface area contributed by atoms with Gasteiger partial charge >= 0.3 is 0 Å². The van der Waals surface area contributed by atoms with Gasteiger partial charge in [-0.15, -0.1) is 0 Å². The van der Waals surface area contributed by atoms with Gasteiger partial charge in [-0.05, 0) is 31.0 Å². The summed E-state index contributed by atoms with van der Waals surface area (Å²) in [6, 6.07) is 17.3. The van der Waals surface area contributed by atoms with Crippen LogP contribution >= 0.6 is 0 Å². The number of carbonyl (C=O) groups is 1. The first-order valence-electron chi connectivity index (χ1n) is 9.26. The minimum atomic E-state index is -0.0765. The maximum Gasteiger partial charge on any atom is 0.290 e. The number of hydrogen-bond acceptors (Lipinski definition) is 4. The van der Waals surface area contributed by atoms with E-state index in [-0.39, 0.29) is 18.6 Å². The Balaban J connectivity index is 1.60. The highest BCUT2D eigenvalue weighted by Crippen LogP contribution is 2.29. The highest BCUT2D eigenvalue weighted by molar-refractivity contribution is 5.99. The van der Waals surface area contributed by atoms with Crippen molar-refractivity contribution in [3.63, 3.8) is 0 Å². The van der Waals surface area contributed by atoms with Crippen LogP contribution in [-0.4, -0.2) is 37.1 Å². The molecule has 1 fully saturated rings. The first-order valence-corrected chi connectivity index (χ1v) is 9.26. The monoisotopic (exact) mass is 365 g/mol. The van der Waals surface area contributed by atoms with E-state index in [0.29, 0.717) is 24.4 Å². The molecule has 140 valence electrons. The van der Waals surface area contributed by atoms with Gasteiger partial charge in [-0.25, -0.2) is 0 Å². The summed E-state index contributed by atoms with van der Waals surface area (Å²) in [7, 11) is 1.72. The van der Waals surface area contributed by atoms with Gasteiger partial charge in [0.1, 0.15) is 17.9 Å². The number of furan rings is 1. The standard InChI is InChI=1S/C22H23NO4/c1-25-16-11-13-23(14-12-16)22(24)21-19(15-26-17-7-3-2-4-8-17)18-9-5-6-10-20(18)27-21/h2-10,16H,11-15H2,1H3. The van der Waals surface area contributed by atoms with Gasteiger partial charge < -0.3 is 18.8 Å². The van der Waals surface area contributed by atoms with Gasteiger partial charge in [0.25, 0.3) is 5.91 Å². The van der Waals surface area contributed by atoms with E-state index in [1.807, 2.05) is 59.5 Å². The summed E-state index contributed by atoms with van der Waals surface area (Å²) in [4.78, 5) is 15.0. The molecular weight excluding hydrogens is 342 g/mol. The number of carbonyl (C=O) groups excluding carboxylic acids is 1. The molecule has 27 heavy (non-hydrogen) atoms. The summed E-state index contributed by atoms with van der Waals surface area (Å²) in [5.41, 5.74) is 1.51. The Morgan fingerprint density at radius 1 is 1.07 bits per heavy atom. The number of nitrogens with zero attached hydrogens (tertiary/aromatic N) is 1. The molecule has 5 heteroatoms. The van der Waals surface area contributed by atoms with E-state index in [0.717, 1.165) is 29.5 Å². The van der Waals surface area contributed by atoms with Crippen molar-refractivity contribution in [3.8, 4) is 5.75 Å². The molecule has 0 radical (unpaired) electrons. The van der Waals surface area contributed by atoms with Crippen LogP contribution in [0, 0.1) is 0 Å². The Morgan fingerprint density at radius 2 is 1.78 bits per heavy atom. The molecule has 1 saturated heterocycles. The Kier molecular flexibility index (Phi) is 5.12. The molecule has 1 amide bonds. The number of methoxy groups -OCH3 is 1. The molecule has 4 rings (SSSR count). The van der Waals surface area contributed by atoms with E-state index >= 15 is 0 Å². The van der Waals surface area contributed by atoms with Crippen LogP contribution in [0.25, 0.3) is 11.0 Å². The summed E-state index contributed by atoms with van der Waals surface area (Å²) in [6.45, 7) is 1.64. The van der Waals surface area contributed by atoms with Crippen LogP contribution in [0.5, 0.6) is 5.75 Å². The summed E-state index contributed by atoms with van der Waals surface area (Å²) in [5.74, 6) is 1.07. The lowest BCUT2D eigenvalue weighted by Crippen LogP contribution is -2.40. The molecule has 0 unspecified atom stereocenters. The first-order chi connectivity index (χ1) is 13.3. The number of rotatable bonds is 5. The van der Waals surface area contributed by atoms with E-state index < -0.39 is 0 Å². The molecule has 0 spiro atoms. The number of likely N-dealkylation sites (tertiary alicyclic amines) is 1. The van der Waals surface area contributed by atoms with Crippen molar-refractivity contribution < 1.29 is 18.7 Å². The quantitative estimate of drug-likeness (QED) is 0.678. The Bertz CT molecular complexity index is 910. The highest BCUT2D eigenvalue weighted by atomic mass is 16.5. The van der Waals surface area contributed by atoms with Gasteiger partial charge in [0, 0.05) is 31.1 Å². The molecule has 1 aliphatic rings. The molecule has 0 aliphatic carbocycles. The number of hydrogen-bond donors (Lipinski definition) is 0. The average Bonchev–Trinajstić information content (AvgIpc) is 3.11. The third-order valence-electron chi connectivity index (χ3n) is 5.08. The zero-order valence-corrected chi connectivity index (χ0v) is 15.4. The van der Waals surface area contributed by atoms with Crippen molar-refractivity contribution in [2.75, 3.05) is 20.2 Å². The first kappa shape index (κ1) is 17.6. The van der Waals surface area contributed by atoms with Gasteiger partial charge in [-0.1, -0.05) is 36.4 Å². The summed E-state index contributed by atoms with van der Waals surface area (Å²) in [6.07, 6.45) is 1.92. The number of benzene rings is 2. The highest BCUT2D eigenvalue weighted by Gasteiger charge is 2.28. The van der Waals surface area contributed by atoms with E-state index in [9.17, 15) is 4.79 Å². The predicted molar refractivity (Wildman–Crippen MR) is 103 cm³/mol. The molecule has 5 nitrogen and oxygen atoms in total. The van der Waals surface area contributed by atoms with Crippen molar-refractivity contribution in [3.05, 3.63) is 65.9 Å². The van der Waals surface area contributed by atoms with Crippen molar-refractivity contribution in [1.82, 2.24) is 4.90 Å². The van der Waals surface area contributed by atoms with E-state index in [1.54, 1.807) is 7.11 Å². The average molecular weight is 365 g/mol. The van der Waals surface area contributed by atoms with Crippen molar-refractivity contribution in [1.29, 1.82) is 0 Å². The number of amides is 1. The molecule has 0 bridgehead atoms. The minimum Gasteiger partial charge on any atom is -0.489 e. The van der Waals surface area contributed by atoms with Gasteiger partial charge in [0.05, 0.1) is 6.10 Å². The molecule has 2 aromatic carbocycles. The second-order valence-corrected chi connectivity index (χ2v) is 6.73. The van der Waals surface area contributed by atoms with Gasteiger partial charge in [0.15, 0.2) is 5.76 Å². The fourth-order valence-corrected chi connectivity index (χ4v) is 3.53. The number of para-hydroxylation sites is 2. The maximum atomic E-state index is 13.1. The summed E-state index contributed by atoms with van der Waals surface area (Å²) < 4.78 is 17.3. The lowest BCUT2D eigenvalue weighted by molar-refractivity contribution is 0.0334. The van der Waals surface area contributed by atoms with Crippen LogP contribution in [-0.2, 0) is 11.3 Å². The third kappa shape index (κ3) is 3.69. The molecule has 1 aliphatic heterocycles. The lowest BCUT2D eigenvalue weighted by Gasteiger charge is -2.30. The number of ether oxygens (including phenoxy) is 2. The smallest absolute Gasteiger partial charge is 0.290 e. The predicted octanol–water partition coefficient (Wildman–Crippen LogP) is 4.26. The second-order valence-electron chi connectivity index (χ2n) is 6.73. The van der Waals surface area contributed by atoms with Crippen LogP contribution in [0.3, 0.4) is 0 Å². The SMILES string of the molecule is COC1CCN(C(=O)c2oc3ccccc3c2COc2ccccc2)CC1. The van der Waals surface area contributed by atoms with Crippen LogP contribution in [0.1, 0.15) is 29.0 Å². The zero-order valence-electron chi connectivity index (χ0n) is 15.4. The molecule has 1 aromatic heterocycles. The summed E-state index contributed by atoms with van der Waals surface area (Å²) in [5, 5.41) is 0.920. The zero-order chi connectivity index (χ0) is 18.6. The number of piperidine rings is 1. The third-order valence-corrected chi connectivity index (χ3v) is 5.08. The Labute approximate surface area is 158 Å². The molecule has 0 saturated carbocycles. The largest absolute Gasteiger partial charge is 0.489 e. The maximum absolute atomic E-state index is 13.1. The Hall–Kier alpha value is -2.79. The van der Waals surface area contributed by atoms with E-state index in [1.165, 1.54) is 0 Å². The van der Waals surface area contributed by atoms with Crippen molar-refractivity contribution in [2.45, 2.75) is 25.6 Å². The molecular formula is C22H23NO4. The van der Waals surface area contributed by atoms with Crippen LogP contribution in [0.4, 0.5) is 0 Å². The fraction of sp³-hybridized carbons (Fsp3) is 0.318. The van der Waals surface area contributed by atoms with E-state index in [2.05, 4.69) is 0 Å². The fourth-order valence-electron chi connectivity index (χ4n) is 3.53. The summed E-state index contributed by atoms with van der Waals surface area (Å²) >= 11 is 0. The molecule has 0 N–H and O–H groups in total. The van der Waals surface area contributed by atoms with E-state index in [4.69, 9.17) is 13.9 Å². The van der Waals surface area contributed by atoms with Crippen molar-refractivity contribution >= 4 is 16.9 Å². The number of fused-ring (bicyclic) bond motifs is 1. The minimum absolute atomic E-state index is 0.0765. The molecule has 3 aromatic rings. The topological polar surface area (TPSA) is 51.9 Å². The van der Waals surface area contributed by atoms with Gasteiger partial charge in [0.2, 0.25) is 0 Å². The van der Waals surface area contributed by atoms with Crippen LogP contribution in [0.15, 0.2) is 59.0 Å². The molecule has 2 heterocycles. The van der Waals surface area contributed by atoms with Crippen molar-refractivity contribution in [2.24, 2.45) is 0 Å². The Morgan fingerprint density at radius 3 is 2.52 bits per heavy atom. The molecule has 0 atom stereocenters. The second kappa shape index (κ2) is 7.84.